The quantitative estimate of drug-likeness (QED) is 0.852. The summed E-state index contributed by atoms with van der Waals surface area (Å²) in [6.07, 6.45) is 4.31. The lowest BCUT2D eigenvalue weighted by Crippen LogP contribution is -2.50. The lowest BCUT2D eigenvalue weighted by molar-refractivity contribution is -0.133. The summed E-state index contributed by atoms with van der Waals surface area (Å²) in [6, 6.07) is 0.432. The van der Waals surface area contributed by atoms with E-state index in [1.807, 2.05) is 0 Å². The van der Waals surface area contributed by atoms with E-state index >= 15 is 0 Å². The molecule has 0 aromatic heterocycles. The van der Waals surface area contributed by atoms with Crippen LogP contribution in [-0.4, -0.2) is 61.0 Å². The highest BCUT2D eigenvalue weighted by Crippen LogP contribution is 2.19. The molecule has 4 nitrogen and oxygen atoms in total. The van der Waals surface area contributed by atoms with Gasteiger partial charge in [0.1, 0.15) is 0 Å². The molecule has 0 aromatic rings. The Hall–Kier alpha value is -0.610. The Morgan fingerprint density at radius 1 is 1.20 bits per heavy atom. The fraction of sp³-hybridized carbons (Fsp3) is 0.938. The van der Waals surface area contributed by atoms with Crippen LogP contribution in [0.25, 0.3) is 0 Å². The maximum atomic E-state index is 12.2. The first-order valence-electron chi connectivity index (χ1n) is 8.17. The topological polar surface area (TPSA) is 35.6 Å². The molecule has 0 bridgehead atoms. The highest BCUT2D eigenvalue weighted by atomic mass is 16.2. The van der Waals surface area contributed by atoms with Gasteiger partial charge in [-0.05, 0) is 37.8 Å². The molecule has 1 N–H and O–H groups in total. The predicted molar refractivity (Wildman–Crippen MR) is 82.7 cm³/mol. The molecule has 0 saturated carbocycles. The van der Waals surface area contributed by atoms with Crippen molar-refractivity contribution in [3.05, 3.63) is 0 Å². The van der Waals surface area contributed by atoms with Crippen LogP contribution in [0.1, 0.15) is 46.5 Å². The van der Waals surface area contributed by atoms with Crippen molar-refractivity contribution in [1.82, 2.24) is 15.1 Å². The van der Waals surface area contributed by atoms with Crippen LogP contribution >= 0.6 is 0 Å². The zero-order chi connectivity index (χ0) is 14.6. The van der Waals surface area contributed by atoms with Crippen LogP contribution in [0.2, 0.25) is 0 Å². The van der Waals surface area contributed by atoms with Gasteiger partial charge in [0, 0.05) is 38.6 Å². The van der Waals surface area contributed by atoms with Crippen molar-refractivity contribution in [1.29, 1.82) is 0 Å². The lowest BCUT2D eigenvalue weighted by atomic mass is 9.92. The van der Waals surface area contributed by atoms with Crippen molar-refractivity contribution < 1.29 is 4.79 Å². The number of carbonyl (C=O) groups excluding carboxylic acids is 1. The Balaban J connectivity index is 1.66. The summed E-state index contributed by atoms with van der Waals surface area (Å²) < 4.78 is 0. The fourth-order valence-electron chi connectivity index (χ4n) is 2.99. The number of piperazine rings is 1. The van der Waals surface area contributed by atoms with Gasteiger partial charge in [0.15, 0.2) is 0 Å². The van der Waals surface area contributed by atoms with Gasteiger partial charge in [-0.3, -0.25) is 9.69 Å². The van der Waals surface area contributed by atoms with E-state index in [4.69, 9.17) is 0 Å². The highest BCUT2D eigenvalue weighted by molar-refractivity contribution is 5.77. The van der Waals surface area contributed by atoms with Gasteiger partial charge in [0.25, 0.3) is 0 Å². The average molecular weight is 281 g/mol. The van der Waals surface area contributed by atoms with Crippen molar-refractivity contribution in [2.45, 2.75) is 52.5 Å². The molecule has 1 amide bonds. The smallest absolute Gasteiger partial charge is 0.224 e. The second-order valence-electron chi connectivity index (χ2n) is 7.53. The molecule has 116 valence electrons. The number of rotatable bonds is 4. The maximum Gasteiger partial charge on any atom is 0.224 e. The van der Waals surface area contributed by atoms with Crippen LogP contribution in [-0.2, 0) is 4.79 Å². The molecular formula is C16H31N3O. The van der Waals surface area contributed by atoms with Crippen LogP contribution in [0, 0.1) is 5.41 Å². The summed E-state index contributed by atoms with van der Waals surface area (Å²) in [7, 11) is 0. The zero-order valence-electron chi connectivity index (χ0n) is 13.5. The third kappa shape index (κ3) is 5.06. The van der Waals surface area contributed by atoms with Gasteiger partial charge in [-0.25, -0.2) is 0 Å². The normalized spacial score (nSPS) is 25.1. The minimum atomic E-state index is 0.347. The van der Waals surface area contributed by atoms with Crippen LogP contribution in [0.15, 0.2) is 0 Å². The van der Waals surface area contributed by atoms with Gasteiger partial charge in [-0.2, -0.15) is 0 Å². The van der Waals surface area contributed by atoms with Crippen LogP contribution in [0.4, 0.5) is 0 Å². The summed E-state index contributed by atoms with van der Waals surface area (Å²) in [5, 5.41) is 3.41. The van der Waals surface area contributed by atoms with Crippen molar-refractivity contribution >= 4 is 5.91 Å². The van der Waals surface area contributed by atoms with Gasteiger partial charge in [0.05, 0.1) is 0 Å². The molecule has 1 atom stereocenters. The first-order chi connectivity index (χ1) is 9.44. The summed E-state index contributed by atoms with van der Waals surface area (Å²) in [5.74, 6) is 0.347. The Morgan fingerprint density at radius 2 is 1.90 bits per heavy atom. The van der Waals surface area contributed by atoms with E-state index in [0.29, 0.717) is 23.8 Å². The second kappa shape index (κ2) is 6.90. The van der Waals surface area contributed by atoms with Crippen molar-refractivity contribution in [3.63, 3.8) is 0 Å². The van der Waals surface area contributed by atoms with E-state index in [1.54, 1.807) is 0 Å². The minimum Gasteiger partial charge on any atom is -0.340 e. The van der Waals surface area contributed by atoms with Gasteiger partial charge in [-0.1, -0.05) is 20.8 Å². The Kier molecular flexibility index (Phi) is 5.44. The largest absolute Gasteiger partial charge is 0.340 e. The summed E-state index contributed by atoms with van der Waals surface area (Å²) in [5.41, 5.74) is 0.404. The van der Waals surface area contributed by atoms with E-state index in [1.165, 1.54) is 12.8 Å². The van der Waals surface area contributed by atoms with Crippen molar-refractivity contribution in [2.24, 2.45) is 5.41 Å². The van der Waals surface area contributed by atoms with E-state index < -0.39 is 0 Å². The standard InChI is InChI=1S/C16H31N3O/c1-16(2,3)6-8-18-9-11-19(12-10-18)15(20)13-14-5-4-7-17-14/h14,17H,4-13H2,1-3H3. The van der Waals surface area contributed by atoms with Crippen LogP contribution in [0.5, 0.6) is 0 Å². The van der Waals surface area contributed by atoms with Gasteiger partial charge < -0.3 is 10.2 Å². The Labute approximate surface area is 123 Å². The Bertz CT molecular complexity index is 310. The molecule has 2 heterocycles. The molecule has 2 aliphatic rings. The molecule has 4 heteroatoms. The maximum absolute atomic E-state index is 12.2. The predicted octanol–water partition coefficient (Wildman–Crippen LogP) is 1.71. The van der Waals surface area contributed by atoms with Crippen LogP contribution < -0.4 is 5.32 Å². The first kappa shape index (κ1) is 15.8. The van der Waals surface area contributed by atoms with E-state index in [0.717, 1.165) is 45.7 Å². The van der Waals surface area contributed by atoms with Gasteiger partial charge >= 0.3 is 0 Å². The van der Waals surface area contributed by atoms with Crippen molar-refractivity contribution in [3.8, 4) is 0 Å². The lowest BCUT2D eigenvalue weighted by Gasteiger charge is -2.36. The molecule has 2 fully saturated rings. The molecule has 0 spiro atoms. The van der Waals surface area contributed by atoms with E-state index in [-0.39, 0.29) is 0 Å². The Morgan fingerprint density at radius 3 is 2.45 bits per heavy atom. The second-order valence-corrected chi connectivity index (χ2v) is 7.53. The fourth-order valence-corrected chi connectivity index (χ4v) is 2.99. The molecule has 0 radical (unpaired) electrons. The number of hydrogen-bond donors (Lipinski definition) is 1. The van der Waals surface area contributed by atoms with Gasteiger partial charge in [-0.15, -0.1) is 0 Å². The van der Waals surface area contributed by atoms with Crippen molar-refractivity contribution in [2.75, 3.05) is 39.3 Å². The summed E-state index contributed by atoms with van der Waals surface area (Å²) in [6.45, 7) is 13.0. The number of nitrogens with zero attached hydrogens (tertiary/aromatic N) is 2. The number of carbonyl (C=O) groups is 1. The van der Waals surface area contributed by atoms with Gasteiger partial charge in [0.2, 0.25) is 5.91 Å². The number of nitrogens with one attached hydrogen (secondary N) is 1. The highest BCUT2D eigenvalue weighted by Gasteiger charge is 2.25. The summed E-state index contributed by atoms with van der Waals surface area (Å²) >= 11 is 0. The third-order valence-corrected chi connectivity index (χ3v) is 4.49. The SMILES string of the molecule is CC(C)(C)CCN1CCN(C(=O)CC2CCCN2)CC1. The number of amides is 1. The molecule has 0 aromatic carbocycles. The molecule has 2 saturated heterocycles. The molecule has 0 aliphatic carbocycles. The molecular weight excluding hydrogens is 250 g/mol. The molecule has 20 heavy (non-hydrogen) atoms. The number of hydrogen-bond acceptors (Lipinski definition) is 3. The van der Waals surface area contributed by atoms with E-state index in [2.05, 4.69) is 35.9 Å². The molecule has 2 rings (SSSR count). The first-order valence-corrected chi connectivity index (χ1v) is 8.17. The van der Waals surface area contributed by atoms with Crippen LogP contribution in [0.3, 0.4) is 0 Å². The average Bonchev–Trinajstić information content (AvgIpc) is 2.89. The summed E-state index contributed by atoms with van der Waals surface area (Å²) in [4.78, 5) is 16.8. The monoisotopic (exact) mass is 281 g/mol. The zero-order valence-corrected chi connectivity index (χ0v) is 13.5. The molecule has 1 unspecified atom stereocenters. The third-order valence-electron chi connectivity index (χ3n) is 4.49. The molecule has 2 aliphatic heterocycles. The minimum absolute atomic E-state index is 0.347. The van der Waals surface area contributed by atoms with E-state index in [9.17, 15) is 4.79 Å².